The molecule has 0 bridgehead atoms. The fourth-order valence-electron chi connectivity index (χ4n) is 2.77. The van der Waals surface area contributed by atoms with Crippen LogP contribution in [-0.2, 0) is 4.79 Å². The Kier molecular flexibility index (Phi) is 6.89. The Labute approximate surface area is 142 Å². The van der Waals surface area contributed by atoms with Gasteiger partial charge in [0.2, 0.25) is 5.91 Å². The van der Waals surface area contributed by atoms with Crippen molar-refractivity contribution in [1.29, 1.82) is 0 Å². The number of aromatic nitrogens is 1. The van der Waals surface area contributed by atoms with Crippen LogP contribution in [0.3, 0.4) is 0 Å². The fraction of sp³-hybridized carbons (Fsp3) is 0.588. The van der Waals surface area contributed by atoms with E-state index in [-0.39, 0.29) is 11.8 Å². The molecule has 1 aliphatic heterocycles. The molecule has 1 N–H and O–H groups in total. The van der Waals surface area contributed by atoms with Crippen LogP contribution < -0.4 is 5.32 Å². The van der Waals surface area contributed by atoms with Crippen LogP contribution in [0.2, 0.25) is 0 Å². The van der Waals surface area contributed by atoms with E-state index < -0.39 is 0 Å². The molecule has 2 amide bonds. The molecule has 1 aromatic rings. The normalized spacial score (nSPS) is 17.8. The van der Waals surface area contributed by atoms with Gasteiger partial charge in [0.25, 0.3) is 5.91 Å². The molecule has 2 rings (SSSR count). The predicted molar refractivity (Wildman–Crippen MR) is 92.6 cm³/mol. The Balaban J connectivity index is 1.80. The van der Waals surface area contributed by atoms with Gasteiger partial charge in [-0.1, -0.05) is 6.92 Å². The predicted octanol–water partition coefficient (Wildman–Crippen LogP) is 2.71. The number of carbonyl (C=O) groups is 2. The Morgan fingerprint density at radius 2 is 2.26 bits per heavy atom. The first-order valence-corrected chi connectivity index (χ1v) is 9.27. The van der Waals surface area contributed by atoms with Crippen molar-refractivity contribution in [2.45, 2.75) is 50.6 Å². The maximum absolute atomic E-state index is 12.2. The number of carbonyl (C=O) groups excluding carboxylic acids is 2. The van der Waals surface area contributed by atoms with Gasteiger partial charge < -0.3 is 10.2 Å². The summed E-state index contributed by atoms with van der Waals surface area (Å²) < 4.78 is 0. The fourth-order valence-corrected chi connectivity index (χ4v) is 3.42. The molecule has 0 aromatic carbocycles. The van der Waals surface area contributed by atoms with E-state index >= 15 is 0 Å². The van der Waals surface area contributed by atoms with Gasteiger partial charge in [-0.25, -0.2) is 4.98 Å². The molecule has 2 heterocycles. The molecule has 1 aliphatic rings. The van der Waals surface area contributed by atoms with E-state index in [0.717, 1.165) is 30.2 Å². The first-order chi connectivity index (χ1) is 11.1. The largest absolute Gasteiger partial charge is 0.352 e. The maximum Gasteiger partial charge on any atom is 0.251 e. The highest BCUT2D eigenvalue weighted by Crippen LogP contribution is 2.17. The number of hydrogen-bond acceptors (Lipinski definition) is 4. The maximum atomic E-state index is 12.2. The second-order valence-electron chi connectivity index (χ2n) is 5.75. The smallest absolute Gasteiger partial charge is 0.251 e. The lowest BCUT2D eigenvalue weighted by atomic mass is 10.0. The third-order valence-corrected chi connectivity index (χ3v) is 4.84. The SMILES string of the molecule is CCSc1cc(C(=O)NCCC(=O)N2CCCCC2C)ccn1. The molecular weight excluding hydrogens is 310 g/mol. The zero-order valence-electron chi connectivity index (χ0n) is 13.9. The van der Waals surface area contributed by atoms with Gasteiger partial charge in [-0.05, 0) is 44.1 Å². The average molecular weight is 335 g/mol. The lowest BCUT2D eigenvalue weighted by Crippen LogP contribution is -2.43. The molecule has 1 aromatic heterocycles. The molecule has 126 valence electrons. The Bertz CT molecular complexity index is 550. The number of amides is 2. The third kappa shape index (κ3) is 5.23. The standard InChI is InChI=1S/C17H25N3O2S/c1-3-23-15-12-14(7-9-18-15)17(22)19-10-8-16(21)20-11-5-4-6-13(20)2/h7,9,12-13H,3-6,8,10-11H2,1-2H3,(H,19,22). The number of thioether (sulfide) groups is 1. The van der Waals surface area contributed by atoms with Crippen LogP contribution in [0.25, 0.3) is 0 Å². The van der Waals surface area contributed by atoms with Crippen LogP contribution in [0.1, 0.15) is 49.9 Å². The molecule has 1 atom stereocenters. The Morgan fingerprint density at radius 3 is 3.00 bits per heavy atom. The molecule has 0 aliphatic carbocycles. The number of likely N-dealkylation sites (tertiary alicyclic amines) is 1. The molecule has 0 spiro atoms. The minimum Gasteiger partial charge on any atom is -0.352 e. The van der Waals surface area contributed by atoms with Crippen LogP contribution in [0.5, 0.6) is 0 Å². The lowest BCUT2D eigenvalue weighted by Gasteiger charge is -2.33. The van der Waals surface area contributed by atoms with E-state index in [1.54, 1.807) is 30.1 Å². The average Bonchev–Trinajstić information content (AvgIpc) is 2.55. The zero-order valence-corrected chi connectivity index (χ0v) is 14.7. The molecule has 1 fully saturated rings. The van der Waals surface area contributed by atoms with E-state index in [1.165, 1.54) is 6.42 Å². The minimum absolute atomic E-state index is 0.134. The summed E-state index contributed by atoms with van der Waals surface area (Å²) in [4.78, 5) is 30.5. The van der Waals surface area contributed by atoms with E-state index in [0.29, 0.717) is 24.6 Å². The summed E-state index contributed by atoms with van der Waals surface area (Å²) in [5.41, 5.74) is 0.592. The summed E-state index contributed by atoms with van der Waals surface area (Å²) in [6, 6.07) is 3.81. The van der Waals surface area contributed by atoms with Gasteiger partial charge in [0.05, 0.1) is 5.03 Å². The van der Waals surface area contributed by atoms with E-state index in [2.05, 4.69) is 17.2 Å². The van der Waals surface area contributed by atoms with Gasteiger partial charge in [0.15, 0.2) is 0 Å². The van der Waals surface area contributed by atoms with Crippen LogP contribution >= 0.6 is 11.8 Å². The molecule has 5 nitrogen and oxygen atoms in total. The molecule has 1 saturated heterocycles. The minimum atomic E-state index is -0.148. The van der Waals surface area contributed by atoms with Crippen molar-refractivity contribution in [3.05, 3.63) is 23.9 Å². The van der Waals surface area contributed by atoms with Gasteiger partial charge in [-0.15, -0.1) is 11.8 Å². The van der Waals surface area contributed by atoms with Crippen molar-refractivity contribution in [3.63, 3.8) is 0 Å². The molecule has 1 unspecified atom stereocenters. The summed E-state index contributed by atoms with van der Waals surface area (Å²) >= 11 is 1.60. The van der Waals surface area contributed by atoms with Crippen molar-refractivity contribution in [3.8, 4) is 0 Å². The van der Waals surface area contributed by atoms with Crippen LogP contribution in [0.15, 0.2) is 23.4 Å². The summed E-state index contributed by atoms with van der Waals surface area (Å²) in [5.74, 6) is 0.903. The number of nitrogens with zero attached hydrogens (tertiary/aromatic N) is 2. The van der Waals surface area contributed by atoms with Crippen molar-refractivity contribution in [1.82, 2.24) is 15.2 Å². The van der Waals surface area contributed by atoms with E-state index in [9.17, 15) is 9.59 Å². The second-order valence-corrected chi connectivity index (χ2v) is 7.04. The van der Waals surface area contributed by atoms with Gasteiger partial charge in [-0.2, -0.15) is 0 Å². The topological polar surface area (TPSA) is 62.3 Å². The summed E-state index contributed by atoms with van der Waals surface area (Å²) in [6.07, 6.45) is 5.36. The first-order valence-electron chi connectivity index (χ1n) is 8.28. The van der Waals surface area contributed by atoms with Gasteiger partial charge >= 0.3 is 0 Å². The number of piperidine rings is 1. The third-order valence-electron chi connectivity index (χ3n) is 4.04. The van der Waals surface area contributed by atoms with Crippen molar-refractivity contribution >= 4 is 23.6 Å². The molecule has 0 saturated carbocycles. The Hall–Kier alpha value is -1.56. The van der Waals surface area contributed by atoms with Crippen LogP contribution in [0.4, 0.5) is 0 Å². The number of hydrogen-bond donors (Lipinski definition) is 1. The second kappa shape index (κ2) is 8.91. The van der Waals surface area contributed by atoms with Gasteiger partial charge in [-0.3, -0.25) is 9.59 Å². The number of nitrogens with one attached hydrogen (secondary N) is 1. The molecular formula is C17H25N3O2S. The lowest BCUT2D eigenvalue weighted by molar-refractivity contribution is -0.134. The first kappa shape index (κ1) is 17.8. The molecule has 0 radical (unpaired) electrons. The number of pyridine rings is 1. The van der Waals surface area contributed by atoms with Crippen LogP contribution in [-0.4, -0.2) is 46.6 Å². The summed E-state index contributed by atoms with van der Waals surface area (Å²) in [5, 5.41) is 3.68. The quantitative estimate of drug-likeness (QED) is 0.812. The van der Waals surface area contributed by atoms with Gasteiger partial charge in [0, 0.05) is 37.3 Å². The van der Waals surface area contributed by atoms with Gasteiger partial charge in [0.1, 0.15) is 0 Å². The molecule has 6 heteroatoms. The Morgan fingerprint density at radius 1 is 1.43 bits per heavy atom. The van der Waals surface area contributed by atoms with E-state index in [1.807, 2.05) is 11.8 Å². The van der Waals surface area contributed by atoms with Crippen molar-refractivity contribution < 1.29 is 9.59 Å². The number of rotatable bonds is 6. The van der Waals surface area contributed by atoms with E-state index in [4.69, 9.17) is 0 Å². The highest BCUT2D eigenvalue weighted by atomic mass is 32.2. The summed E-state index contributed by atoms with van der Waals surface area (Å²) in [6.45, 7) is 5.36. The van der Waals surface area contributed by atoms with Crippen LogP contribution in [0, 0.1) is 0 Å². The highest BCUT2D eigenvalue weighted by molar-refractivity contribution is 7.99. The zero-order chi connectivity index (χ0) is 16.7. The molecule has 23 heavy (non-hydrogen) atoms. The van der Waals surface area contributed by atoms with Crippen molar-refractivity contribution in [2.24, 2.45) is 0 Å². The monoisotopic (exact) mass is 335 g/mol. The highest BCUT2D eigenvalue weighted by Gasteiger charge is 2.22. The van der Waals surface area contributed by atoms with Crippen molar-refractivity contribution in [2.75, 3.05) is 18.8 Å². The summed E-state index contributed by atoms with van der Waals surface area (Å²) in [7, 11) is 0.